The highest BCUT2D eigenvalue weighted by Gasteiger charge is 2.36. The lowest BCUT2D eigenvalue weighted by molar-refractivity contribution is -0.126. The second kappa shape index (κ2) is 8.37. The molecule has 0 bridgehead atoms. The Morgan fingerprint density at radius 1 is 1.31 bits per heavy atom. The van der Waals surface area contributed by atoms with E-state index in [1.54, 1.807) is 4.90 Å². The van der Waals surface area contributed by atoms with E-state index in [1.807, 2.05) is 26.0 Å². The molecular weight excluding hydrogens is 354 g/mol. The molecule has 2 heterocycles. The van der Waals surface area contributed by atoms with Crippen molar-refractivity contribution in [2.45, 2.75) is 20.3 Å². The van der Waals surface area contributed by atoms with Gasteiger partial charge in [0, 0.05) is 39.1 Å². The monoisotopic (exact) mass is 379 g/mol. The summed E-state index contributed by atoms with van der Waals surface area (Å²) in [6.45, 7) is 8.99. The van der Waals surface area contributed by atoms with E-state index in [1.165, 1.54) is 0 Å². The van der Waals surface area contributed by atoms with Crippen LogP contribution in [0.3, 0.4) is 0 Å². The molecule has 2 fully saturated rings. The number of morpholine rings is 1. The summed E-state index contributed by atoms with van der Waals surface area (Å²) in [7, 11) is 0. The fraction of sp³-hybridized carbons (Fsp3) is 0.579. The van der Waals surface area contributed by atoms with E-state index in [-0.39, 0.29) is 24.2 Å². The van der Waals surface area contributed by atoms with Crippen LogP contribution < -0.4 is 10.2 Å². The predicted octanol–water partition coefficient (Wildman–Crippen LogP) is 1.76. The minimum absolute atomic E-state index is 0.0489. The number of hydrogen-bond acceptors (Lipinski definition) is 4. The number of amides is 2. The summed E-state index contributed by atoms with van der Waals surface area (Å²) in [5.74, 6) is -0.439. The van der Waals surface area contributed by atoms with Gasteiger partial charge in [-0.05, 0) is 31.0 Å². The molecule has 1 aromatic carbocycles. The molecule has 0 saturated carbocycles. The van der Waals surface area contributed by atoms with E-state index in [9.17, 15) is 9.59 Å². The van der Waals surface area contributed by atoms with Gasteiger partial charge >= 0.3 is 0 Å². The minimum Gasteiger partial charge on any atom is -0.379 e. The highest BCUT2D eigenvalue weighted by Crippen LogP contribution is 2.35. The molecule has 142 valence electrons. The Morgan fingerprint density at radius 3 is 2.73 bits per heavy atom. The van der Waals surface area contributed by atoms with Crippen molar-refractivity contribution in [2.24, 2.45) is 5.92 Å². The van der Waals surface area contributed by atoms with Crippen molar-refractivity contribution in [3.63, 3.8) is 0 Å². The van der Waals surface area contributed by atoms with Gasteiger partial charge in [0.25, 0.3) is 0 Å². The van der Waals surface area contributed by atoms with Gasteiger partial charge in [-0.2, -0.15) is 0 Å². The number of nitrogens with one attached hydrogen (secondary N) is 1. The maximum absolute atomic E-state index is 12.5. The Bertz CT molecular complexity index is 666. The summed E-state index contributed by atoms with van der Waals surface area (Å²) in [6, 6.07) is 3.86. The molecule has 1 aromatic rings. The largest absolute Gasteiger partial charge is 0.379 e. The predicted molar refractivity (Wildman–Crippen MR) is 102 cm³/mol. The lowest BCUT2D eigenvalue weighted by Crippen LogP contribution is -2.42. The third-order valence-electron chi connectivity index (χ3n) is 5.00. The van der Waals surface area contributed by atoms with Crippen molar-refractivity contribution in [2.75, 3.05) is 50.8 Å². The maximum atomic E-state index is 12.5. The van der Waals surface area contributed by atoms with Crippen LogP contribution in [0.1, 0.15) is 17.5 Å². The minimum atomic E-state index is -0.330. The zero-order valence-electron chi connectivity index (χ0n) is 15.4. The quantitative estimate of drug-likeness (QED) is 0.846. The average molecular weight is 380 g/mol. The number of anilines is 1. The molecule has 1 atom stereocenters. The SMILES string of the molecule is Cc1cc(C)c(N2CC(C(=O)NCCN3CCOCC3)CC2=O)c(Cl)c1. The number of benzene rings is 1. The van der Waals surface area contributed by atoms with Gasteiger partial charge in [0.05, 0.1) is 29.8 Å². The Hall–Kier alpha value is -1.63. The lowest BCUT2D eigenvalue weighted by atomic mass is 10.1. The van der Waals surface area contributed by atoms with E-state index in [2.05, 4.69) is 10.2 Å². The van der Waals surface area contributed by atoms with Crippen LogP contribution in [-0.4, -0.2) is 62.7 Å². The Labute approximate surface area is 159 Å². The van der Waals surface area contributed by atoms with E-state index >= 15 is 0 Å². The van der Waals surface area contributed by atoms with Gasteiger partial charge in [-0.3, -0.25) is 14.5 Å². The fourth-order valence-corrected chi connectivity index (χ4v) is 4.08. The molecule has 26 heavy (non-hydrogen) atoms. The summed E-state index contributed by atoms with van der Waals surface area (Å²) in [5.41, 5.74) is 2.74. The summed E-state index contributed by atoms with van der Waals surface area (Å²) in [5, 5.41) is 3.53. The molecule has 1 unspecified atom stereocenters. The van der Waals surface area contributed by atoms with Crippen molar-refractivity contribution < 1.29 is 14.3 Å². The van der Waals surface area contributed by atoms with Gasteiger partial charge in [0.1, 0.15) is 0 Å². The highest BCUT2D eigenvalue weighted by atomic mass is 35.5. The number of hydrogen-bond donors (Lipinski definition) is 1. The normalized spacial score (nSPS) is 21.3. The number of carbonyl (C=O) groups excluding carboxylic acids is 2. The van der Waals surface area contributed by atoms with E-state index in [0.717, 1.165) is 49.7 Å². The average Bonchev–Trinajstić information content (AvgIpc) is 2.97. The number of carbonyl (C=O) groups is 2. The number of rotatable bonds is 5. The van der Waals surface area contributed by atoms with Crippen molar-refractivity contribution in [1.82, 2.24) is 10.2 Å². The van der Waals surface area contributed by atoms with Gasteiger partial charge in [0.2, 0.25) is 11.8 Å². The maximum Gasteiger partial charge on any atom is 0.227 e. The zero-order chi connectivity index (χ0) is 18.7. The molecule has 3 rings (SSSR count). The zero-order valence-corrected chi connectivity index (χ0v) is 16.1. The third-order valence-corrected chi connectivity index (χ3v) is 5.28. The van der Waals surface area contributed by atoms with Gasteiger partial charge in [-0.15, -0.1) is 0 Å². The Morgan fingerprint density at radius 2 is 2.04 bits per heavy atom. The van der Waals surface area contributed by atoms with Crippen molar-refractivity contribution in [3.05, 3.63) is 28.3 Å². The smallest absolute Gasteiger partial charge is 0.227 e. The summed E-state index contributed by atoms with van der Waals surface area (Å²) in [4.78, 5) is 28.9. The van der Waals surface area contributed by atoms with Gasteiger partial charge < -0.3 is 15.0 Å². The van der Waals surface area contributed by atoms with Crippen LogP contribution in [0.15, 0.2) is 12.1 Å². The van der Waals surface area contributed by atoms with Crippen LogP contribution in [0.4, 0.5) is 5.69 Å². The van der Waals surface area contributed by atoms with Crippen molar-refractivity contribution in [1.29, 1.82) is 0 Å². The standard InChI is InChI=1S/C19H26ClN3O3/c1-13-9-14(2)18(16(20)10-13)23-12-15(11-17(23)24)19(25)21-3-4-22-5-7-26-8-6-22/h9-10,15H,3-8,11-12H2,1-2H3,(H,21,25). The second-order valence-electron chi connectivity index (χ2n) is 7.06. The number of ether oxygens (including phenoxy) is 1. The molecule has 0 radical (unpaired) electrons. The first-order chi connectivity index (χ1) is 12.5. The number of halogens is 1. The first-order valence-corrected chi connectivity index (χ1v) is 9.48. The molecule has 0 aliphatic carbocycles. The number of nitrogens with zero attached hydrogens (tertiary/aromatic N) is 2. The summed E-state index contributed by atoms with van der Waals surface area (Å²) >= 11 is 6.37. The molecule has 0 aromatic heterocycles. The summed E-state index contributed by atoms with van der Waals surface area (Å²) in [6.07, 6.45) is 0.229. The lowest BCUT2D eigenvalue weighted by Gasteiger charge is -2.26. The Kier molecular flexibility index (Phi) is 6.16. The van der Waals surface area contributed by atoms with Crippen molar-refractivity contribution in [3.8, 4) is 0 Å². The van der Waals surface area contributed by atoms with Crippen LogP contribution >= 0.6 is 11.6 Å². The van der Waals surface area contributed by atoms with Gasteiger partial charge in [0.15, 0.2) is 0 Å². The Balaban J connectivity index is 1.56. The molecule has 2 aliphatic rings. The first-order valence-electron chi connectivity index (χ1n) is 9.10. The molecule has 2 aliphatic heterocycles. The van der Waals surface area contributed by atoms with Crippen LogP contribution in [0.25, 0.3) is 0 Å². The highest BCUT2D eigenvalue weighted by molar-refractivity contribution is 6.34. The van der Waals surface area contributed by atoms with E-state index in [0.29, 0.717) is 18.1 Å². The molecular formula is C19H26ClN3O3. The van der Waals surface area contributed by atoms with Crippen LogP contribution in [0.2, 0.25) is 5.02 Å². The van der Waals surface area contributed by atoms with Crippen molar-refractivity contribution >= 4 is 29.1 Å². The molecule has 2 saturated heterocycles. The third kappa shape index (κ3) is 4.37. The topological polar surface area (TPSA) is 61.9 Å². The molecule has 7 heteroatoms. The fourth-order valence-electron chi connectivity index (χ4n) is 3.66. The molecule has 1 N–H and O–H groups in total. The van der Waals surface area contributed by atoms with Crippen LogP contribution in [0.5, 0.6) is 0 Å². The van der Waals surface area contributed by atoms with Crippen LogP contribution in [-0.2, 0) is 14.3 Å². The van der Waals surface area contributed by atoms with Crippen LogP contribution in [0, 0.1) is 19.8 Å². The summed E-state index contributed by atoms with van der Waals surface area (Å²) < 4.78 is 5.32. The van der Waals surface area contributed by atoms with E-state index in [4.69, 9.17) is 16.3 Å². The molecule has 6 nitrogen and oxygen atoms in total. The molecule has 2 amide bonds. The van der Waals surface area contributed by atoms with Gasteiger partial charge in [-0.25, -0.2) is 0 Å². The second-order valence-corrected chi connectivity index (χ2v) is 7.47. The molecule has 0 spiro atoms. The number of aryl methyl sites for hydroxylation is 2. The first kappa shape index (κ1) is 19.1. The van der Waals surface area contributed by atoms with Gasteiger partial charge in [-0.1, -0.05) is 17.7 Å². The van der Waals surface area contributed by atoms with E-state index < -0.39 is 0 Å².